The molecule has 1 atom stereocenters. The summed E-state index contributed by atoms with van der Waals surface area (Å²) in [4.78, 5) is 13.0. The van der Waals surface area contributed by atoms with Gasteiger partial charge in [-0.05, 0) is 19.1 Å². The van der Waals surface area contributed by atoms with E-state index < -0.39 is 22.3 Å². The molecule has 1 aliphatic heterocycles. The van der Waals surface area contributed by atoms with Gasteiger partial charge in [0.15, 0.2) is 22.7 Å². The number of hydrogen-bond acceptors (Lipinski definition) is 7. The van der Waals surface area contributed by atoms with Gasteiger partial charge in [0.2, 0.25) is 16.9 Å². The summed E-state index contributed by atoms with van der Waals surface area (Å²) in [6.45, 7) is 5.67. The van der Waals surface area contributed by atoms with Crippen molar-refractivity contribution in [1.29, 1.82) is 0 Å². The van der Waals surface area contributed by atoms with Gasteiger partial charge in [0.05, 0.1) is 18.1 Å². The molecule has 2 aromatic carbocycles. The molecule has 0 aliphatic carbocycles. The van der Waals surface area contributed by atoms with Crippen LogP contribution in [0.2, 0.25) is 0 Å². The van der Waals surface area contributed by atoms with Gasteiger partial charge in [-0.15, -0.1) is 0 Å². The standard InChI is InChI=1S/C19H18O7/c1-7-19(2,3)11-14(23)10-12(21)8-5-6-9(20)13(22)15(8)26-16(10)18(24-4)17(11)25-7/h5-7,20,22-23H,1-4H3/t7-/m1/s1. The summed E-state index contributed by atoms with van der Waals surface area (Å²) in [6.07, 6.45) is -0.268. The second kappa shape index (κ2) is 4.97. The normalized spacial score (nSPS) is 18.1. The lowest BCUT2D eigenvalue weighted by molar-refractivity contribution is 0.180. The first-order chi connectivity index (χ1) is 12.2. The van der Waals surface area contributed by atoms with Crippen molar-refractivity contribution in [2.75, 3.05) is 7.11 Å². The topological polar surface area (TPSA) is 109 Å². The Morgan fingerprint density at radius 3 is 2.46 bits per heavy atom. The van der Waals surface area contributed by atoms with Crippen molar-refractivity contribution in [2.45, 2.75) is 32.3 Å². The summed E-state index contributed by atoms with van der Waals surface area (Å²) in [7, 11) is 1.40. The molecule has 3 N–H and O–H groups in total. The molecule has 0 bridgehead atoms. The second-order valence-electron chi connectivity index (χ2n) is 7.01. The monoisotopic (exact) mass is 358 g/mol. The maximum atomic E-state index is 13.0. The van der Waals surface area contributed by atoms with Crippen LogP contribution in [0.3, 0.4) is 0 Å². The van der Waals surface area contributed by atoms with E-state index in [0.29, 0.717) is 11.3 Å². The van der Waals surface area contributed by atoms with Crippen LogP contribution in [0.15, 0.2) is 21.3 Å². The molecular weight excluding hydrogens is 340 g/mol. The van der Waals surface area contributed by atoms with Crippen LogP contribution < -0.4 is 14.9 Å². The van der Waals surface area contributed by atoms with Gasteiger partial charge in [0.25, 0.3) is 0 Å². The molecule has 136 valence electrons. The Morgan fingerprint density at radius 2 is 1.81 bits per heavy atom. The van der Waals surface area contributed by atoms with Gasteiger partial charge >= 0.3 is 0 Å². The first-order valence-electron chi connectivity index (χ1n) is 8.11. The highest BCUT2D eigenvalue weighted by molar-refractivity contribution is 6.01. The Bertz CT molecular complexity index is 1140. The van der Waals surface area contributed by atoms with Gasteiger partial charge in [0.1, 0.15) is 17.2 Å². The lowest BCUT2D eigenvalue weighted by Gasteiger charge is -2.22. The summed E-state index contributed by atoms with van der Waals surface area (Å²) >= 11 is 0. The van der Waals surface area contributed by atoms with E-state index in [1.165, 1.54) is 19.2 Å². The maximum Gasteiger partial charge on any atom is 0.205 e. The quantitative estimate of drug-likeness (QED) is 0.453. The third-order valence-electron chi connectivity index (χ3n) is 5.29. The fourth-order valence-corrected chi connectivity index (χ4v) is 3.48. The van der Waals surface area contributed by atoms with Crippen molar-refractivity contribution in [3.63, 3.8) is 0 Å². The van der Waals surface area contributed by atoms with E-state index >= 15 is 0 Å². The zero-order valence-corrected chi connectivity index (χ0v) is 14.7. The van der Waals surface area contributed by atoms with Gasteiger partial charge in [-0.25, -0.2) is 0 Å². The molecule has 7 heteroatoms. The van der Waals surface area contributed by atoms with E-state index in [4.69, 9.17) is 13.9 Å². The molecule has 0 saturated heterocycles. The Labute approximate surface area is 148 Å². The zero-order valence-electron chi connectivity index (χ0n) is 14.7. The molecule has 4 rings (SSSR count). The van der Waals surface area contributed by atoms with E-state index in [1.54, 1.807) is 0 Å². The first kappa shape index (κ1) is 16.4. The third kappa shape index (κ3) is 1.80. The number of ether oxygens (including phenoxy) is 2. The minimum Gasteiger partial charge on any atom is -0.507 e. The molecule has 0 fully saturated rings. The van der Waals surface area contributed by atoms with Crippen molar-refractivity contribution in [3.05, 3.63) is 27.9 Å². The average Bonchev–Trinajstić information content (AvgIpc) is 2.81. The van der Waals surface area contributed by atoms with Crippen LogP contribution in [-0.2, 0) is 5.41 Å². The van der Waals surface area contributed by atoms with E-state index in [9.17, 15) is 20.1 Å². The number of methoxy groups -OCH3 is 1. The fourth-order valence-electron chi connectivity index (χ4n) is 3.48. The SMILES string of the molecule is COc1c2c(c(O)c3c(=O)c4ccc(O)c(O)c4oc13)C(C)(C)[C@@H](C)O2. The molecule has 7 nitrogen and oxygen atoms in total. The Kier molecular flexibility index (Phi) is 3.13. The van der Waals surface area contributed by atoms with E-state index in [0.717, 1.165) is 0 Å². The van der Waals surface area contributed by atoms with Crippen molar-refractivity contribution in [1.82, 2.24) is 0 Å². The van der Waals surface area contributed by atoms with E-state index in [-0.39, 0.29) is 39.5 Å². The zero-order chi connectivity index (χ0) is 19.0. The predicted molar refractivity (Wildman–Crippen MR) is 94.7 cm³/mol. The highest BCUT2D eigenvalue weighted by Crippen LogP contribution is 2.55. The number of fused-ring (bicyclic) bond motifs is 3. The summed E-state index contributed by atoms with van der Waals surface area (Å²) in [5.74, 6) is -0.744. The smallest absolute Gasteiger partial charge is 0.205 e. The molecule has 0 unspecified atom stereocenters. The summed E-state index contributed by atoms with van der Waals surface area (Å²) in [5.41, 5.74) is -0.855. The van der Waals surface area contributed by atoms with Crippen molar-refractivity contribution in [3.8, 4) is 28.7 Å². The van der Waals surface area contributed by atoms with Crippen LogP contribution in [-0.4, -0.2) is 28.5 Å². The summed E-state index contributed by atoms with van der Waals surface area (Å²) in [6, 6.07) is 2.52. The molecule has 0 spiro atoms. The minimum atomic E-state index is -0.557. The Hall–Kier alpha value is -3.09. The Morgan fingerprint density at radius 1 is 1.12 bits per heavy atom. The predicted octanol–water partition coefficient (Wildman–Crippen LogP) is 3.13. The molecule has 2 heterocycles. The van der Waals surface area contributed by atoms with Crippen molar-refractivity contribution < 1.29 is 29.2 Å². The fraction of sp³-hybridized carbons (Fsp3) is 0.316. The summed E-state index contributed by atoms with van der Waals surface area (Å²) < 4.78 is 17.0. The van der Waals surface area contributed by atoms with Gasteiger partial charge in [-0.2, -0.15) is 0 Å². The summed E-state index contributed by atoms with van der Waals surface area (Å²) in [5, 5.41) is 30.7. The highest BCUT2D eigenvalue weighted by Gasteiger charge is 2.45. The van der Waals surface area contributed by atoms with Crippen LogP contribution in [0, 0.1) is 0 Å². The van der Waals surface area contributed by atoms with Crippen LogP contribution in [0.5, 0.6) is 28.7 Å². The lowest BCUT2D eigenvalue weighted by atomic mass is 9.80. The molecule has 0 radical (unpaired) electrons. The molecular formula is C19H18O7. The molecule has 26 heavy (non-hydrogen) atoms. The minimum absolute atomic E-state index is 0.0369. The number of benzene rings is 2. The van der Waals surface area contributed by atoms with Gasteiger partial charge in [-0.1, -0.05) is 13.8 Å². The van der Waals surface area contributed by atoms with E-state index in [1.807, 2.05) is 20.8 Å². The second-order valence-corrected chi connectivity index (χ2v) is 7.01. The van der Waals surface area contributed by atoms with E-state index in [2.05, 4.69) is 0 Å². The highest BCUT2D eigenvalue weighted by atomic mass is 16.5. The largest absolute Gasteiger partial charge is 0.507 e. The van der Waals surface area contributed by atoms with Gasteiger partial charge in [-0.3, -0.25) is 4.79 Å². The third-order valence-corrected chi connectivity index (χ3v) is 5.29. The maximum absolute atomic E-state index is 13.0. The average molecular weight is 358 g/mol. The van der Waals surface area contributed by atoms with Gasteiger partial charge in [0, 0.05) is 5.41 Å². The number of phenolic OH excluding ortho intramolecular Hbond substituents is 3. The number of aromatic hydroxyl groups is 3. The van der Waals surface area contributed by atoms with Crippen molar-refractivity contribution >= 4 is 21.9 Å². The van der Waals surface area contributed by atoms with Crippen LogP contribution >= 0.6 is 0 Å². The van der Waals surface area contributed by atoms with Crippen LogP contribution in [0.1, 0.15) is 26.3 Å². The number of phenols is 3. The first-order valence-corrected chi connectivity index (χ1v) is 8.11. The lowest BCUT2D eigenvalue weighted by Crippen LogP contribution is -2.29. The van der Waals surface area contributed by atoms with Crippen LogP contribution in [0.4, 0.5) is 0 Å². The van der Waals surface area contributed by atoms with Gasteiger partial charge < -0.3 is 29.2 Å². The number of hydrogen-bond donors (Lipinski definition) is 3. The molecule has 1 aliphatic rings. The Balaban J connectivity index is 2.29. The molecule has 0 amide bonds. The molecule has 0 saturated carbocycles. The van der Waals surface area contributed by atoms with Crippen molar-refractivity contribution in [2.24, 2.45) is 0 Å². The number of rotatable bonds is 1. The molecule has 3 aromatic rings. The molecule has 1 aromatic heterocycles. The van der Waals surface area contributed by atoms with Crippen LogP contribution in [0.25, 0.3) is 21.9 Å².